The average molecular weight is 436 g/mol. The van der Waals surface area contributed by atoms with E-state index in [4.69, 9.17) is 9.94 Å². The molecule has 0 aliphatic carbocycles. The first kappa shape index (κ1) is 31.3. The molecule has 18 heavy (non-hydrogen) atoms. The van der Waals surface area contributed by atoms with Crippen molar-refractivity contribution in [3.05, 3.63) is 12.2 Å². The van der Waals surface area contributed by atoms with E-state index in [0.29, 0.717) is 0 Å². The van der Waals surface area contributed by atoms with Gasteiger partial charge < -0.3 is 12.2 Å². The second kappa shape index (κ2) is 43.0. The van der Waals surface area contributed by atoms with E-state index in [1.807, 2.05) is 27.9 Å². The molecule has 0 unspecified atom stereocenters. The molecule has 0 spiro atoms. The van der Waals surface area contributed by atoms with Crippen LogP contribution in [0.2, 0.25) is 0 Å². The van der Waals surface area contributed by atoms with Gasteiger partial charge in [0.1, 0.15) is 0 Å². The number of nitrogens with zero attached hydrogens (tertiary/aromatic N) is 2. The second-order valence-electron chi connectivity index (χ2n) is 3.09. The Morgan fingerprint density at radius 3 is 1.56 bits per heavy atom. The average Bonchev–Trinajstić information content (AvgIpc) is 2.35. The topological polar surface area (TPSA) is 79.2 Å². The molecule has 0 saturated heterocycles. The van der Waals surface area contributed by atoms with Gasteiger partial charge in [0.15, 0.2) is 0 Å². The van der Waals surface area contributed by atoms with E-state index in [2.05, 4.69) is 24.7 Å². The van der Waals surface area contributed by atoms with Crippen molar-refractivity contribution in [1.82, 2.24) is 10.5 Å². The van der Waals surface area contributed by atoms with Crippen molar-refractivity contribution in [2.24, 2.45) is 5.84 Å². The van der Waals surface area contributed by atoms with Crippen LogP contribution in [0.1, 0.15) is 40.0 Å². The first-order valence-corrected chi connectivity index (χ1v) is 6.71. The molecule has 0 aliphatic rings. The van der Waals surface area contributed by atoms with E-state index in [1.54, 1.807) is 23.1 Å². The van der Waals surface area contributed by atoms with Crippen molar-refractivity contribution in [3.8, 4) is 0 Å². The van der Waals surface area contributed by atoms with Crippen LogP contribution in [0.25, 0.3) is 5.32 Å². The number of unbranched alkanes of at least 4 members (excludes halogenated alkanes) is 2. The van der Waals surface area contributed by atoms with E-state index in [1.165, 1.54) is 12.8 Å². The van der Waals surface area contributed by atoms with E-state index >= 15 is 0 Å². The van der Waals surface area contributed by atoms with Gasteiger partial charge >= 0.3 is 41.7 Å². The molecule has 0 fully saturated rings. The zero-order valence-electron chi connectivity index (χ0n) is 12.4. The van der Waals surface area contributed by atoms with Crippen LogP contribution in [-0.2, 0) is 37.6 Å². The van der Waals surface area contributed by atoms with Crippen LogP contribution in [0.3, 0.4) is 0 Å². The van der Waals surface area contributed by atoms with Crippen molar-refractivity contribution in [2.45, 2.75) is 40.0 Å². The molecule has 7 heteroatoms. The van der Waals surface area contributed by atoms with Gasteiger partial charge in [-0.25, -0.2) is 5.01 Å². The summed E-state index contributed by atoms with van der Waals surface area (Å²) in [6, 6.07) is 0. The Morgan fingerprint density at radius 2 is 1.56 bits per heavy atom. The number of hydrogen-bond donors (Lipinski definition) is 3. The van der Waals surface area contributed by atoms with Crippen LogP contribution >= 0.6 is 0 Å². The largest absolute Gasteiger partial charge is 1.00 e. The minimum atomic E-state index is 0. The maximum absolute atomic E-state index is 5.68. The van der Waals surface area contributed by atoms with Gasteiger partial charge in [-0.15, -0.1) is 0 Å². The van der Waals surface area contributed by atoms with Gasteiger partial charge in [0.25, 0.3) is 0 Å². The standard InChI is InChI=1S/C5H11.C4H10N.C2H9N3.HN.2Ru/c2*1-3-5-4-2;1-5(2)4-3;;;/h1,3-5H2,2H3;3-4H2,1-2H3;4H,3H2,1-2H3;1H;;/q2*-1;;;2*+1. The fraction of sp³-hybridized carbons (Fsp3) is 0.909. The van der Waals surface area contributed by atoms with Crippen molar-refractivity contribution >= 4 is 0 Å². The van der Waals surface area contributed by atoms with E-state index in [-0.39, 0.29) is 19.5 Å². The van der Waals surface area contributed by atoms with E-state index in [0.717, 1.165) is 19.5 Å². The molecule has 0 aromatic rings. The predicted octanol–water partition coefficient (Wildman–Crippen LogP) is 2.63. The molecular weight excluding hydrogens is 404 g/mol. The molecule has 0 bridgehead atoms. The minimum Gasteiger partial charge on any atom is 1.00 e. The molecule has 116 valence electrons. The number of rotatable bonds is 5. The van der Waals surface area contributed by atoms with Crippen LogP contribution in [-0.4, -0.2) is 32.2 Å². The number of hydrazine groups is 2. The Labute approximate surface area is 137 Å². The summed E-state index contributed by atoms with van der Waals surface area (Å²) in [4.78, 5) is 0. The van der Waals surface area contributed by atoms with Gasteiger partial charge in [-0.1, -0.05) is 33.6 Å². The monoisotopic (exact) mass is 437 g/mol. The number of nitrogens with two attached hydrogens (primary N) is 1. The number of hydrogen-bond acceptors (Lipinski definition) is 4. The van der Waals surface area contributed by atoms with Gasteiger partial charge in [-0.3, -0.25) is 5.84 Å². The minimum absolute atomic E-state index is 0. The fourth-order valence-electron chi connectivity index (χ4n) is 0.474. The maximum atomic E-state index is 5.68. The molecule has 0 saturated carbocycles. The molecule has 0 rings (SSSR count). The Kier molecular flexibility index (Phi) is 74.9. The van der Waals surface area contributed by atoms with Crippen molar-refractivity contribution in [1.29, 1.82) is 4.10 Å². The first-order chi connectivity index (χ1) is 8.10. The Morgan fingerprint density at radius 1 is 1.22 bits per heavy atom. The summed E-state index contributed by atoms with van der Waals surface area (Å²) in [6.45, 7) is 11.9. The zero-order chi connectivity index (χ0) is 14.5. The normalized spacial score (nSPS) is 7.56. The Bertz CT molecular complexity index is 87.5. The van der Waals surface area contributed by atoms with Crippen LogP contribution in [0.4, 0.5) is 0 Å². The summed E-state index contributed by atoms with van der Waals surface area (Å²) in [6.07, 6.45) is 3.65. The summed E-state index contributed by atoms with van der Waals surface area (Å²) in [5.41, 5.74) is 2.36. The molecule has 0 aromatic heterocycles. The SMILES string of the molecule is CC[N-]CC.CN(C)NN.[CH2-]CCCC.[NH]=[Ru+].[Ru+]. The molecule has 0 heterocycles. The molecule has 0 amide bonds. The van der Waals surface area contributed by atoms with Crippen LogP contribution in [0, 0.1) is 11.0 Å². The molecule has 5 nitrogen and oxygen atoms in total. The Hall–Kier alpha value is 0.887. The fourth-order valence-corrected chi connectivity index (χ4v) is 0.474. The van der Waals surface area contributed by atoms with Crippen molar-refractivity contribution in [3.63, 3.8) is 0 Å². The summed E-state index contributed by atoms with van der Waals surface area (Å²) in [5, 5.41) is 5.62. The molecule has 0 aliphatic heterocycles. The molecule has 0 atom stereocenters. The van der Waals surface area contributed by atoms with Gasteiger partial charge in [-0.2, -0.15) is 25.0 Å². The van der Waals surface area contributed by atoms with Crippen LogP contribution in [0.15, 0.2) is 0 Å². The van der Waals surface area contributed by atoms with E-state index in [9.17, 15) is 0 Å². The second-order valence-corrected chi connectivity index (χ2v) is 3.09. The first-order valence-electron chi connectivity index (χ1n) is 5.84. The summed E-state index contributed by atoms with van der Waals surface area (Å²) in [7, 11) is 3.64. The van der Waals surface area contributed by atoms with Crippen molar-refractivity contribution in [2.75, 3.05) is 27.2 Å². The molecule has 1 radical (unpaired) electrons. The molecule has 0 aromatic carbocycles. The summed E-state index contributed by atoms with van der Waals surface area (Å²) < 4.78 is 5.68. The third-order valence-electron chi connectivity index (χ3n) is 1.31. The maximum Gasteiger partial charge on any atom is 1.00 e. The third-order valence-corrected chi connectivity index (χ3v) is 1.31. The summed E-state index contributed by atoms with van der Waals surface area (Å²) >= 11 is 1.60. The Balaban J connectivity index is -0.0000000427. The summed E-state index contributed by atoms with van der Waals surface area (Å²) in [5.74, 6) is 4.85. The number of nitrogens with one attached hydrogen (secondary N) is 2. The quantitative estimate of drug-likeness (QED) is 0.269. The van der Waals surface area contributed by atoms with Gasteiger partial charge in [0.05, 0.1) is 0 Å². The smallest absolute Gasteiger partial charge is 1.00 e. The van der Waals surface area contributed by atoms with Gasteiger partial charge in [0.2, 0.25) is 0 Å². The molecule has 4 N–H and O–H groups in total. The molecular formula is C11H31N5Ru2. The van der Waals surface area contributed by atoms with E-state index < -0.39 is 0 Å². The third kappa shape index (κ3) is 89.9. The predicted molar refractivity (Wildman–Crippen MR) is 73.1 cm³/mol. The van der Waals surface area contributed by atoms with Crippen molar-refractivity contribution < 1.29 is 37.6 Å². The van der Waals surface area contributed by atoms with Gasteiger partial charge in [0, 0.05) is 14.1 Å². The van der Waals surface area contributed by atoms with Crippen LogP contribution < -0.4 is 11.4 Å². The van der Waals surface area contributed by atoms with Gasteiger partial charge in [-0.05, 0) is 0 Å². The zero-order valence-corrected chi connectivity index (χ0v) is 15.9. The van der Waals surface area contributed by atoms with Crippen LogP contribution in [0.5, 0.6) is 0 Å².